The number of esters is 1. The third-order valence-electron chi connectivity index (χ3n) is 7.25. The van der Waals surface area contributed by atoms with Gasteiger partial charge in [0.05, 0.1) is 24.9 Å². The van der Waals surface area contributed by atoms with E-state index >= 15 is 0 Å². The average molecular weight is 588 g/mol. The lowest BCUT2D eigenvalue weighted by Gasteiger charge is -2.28. The highest BCUT2D eigenvalue weighted by molar-refractivity contribution is 5.91. The van der Waals surface area contributed by atoms with Gasteiger partial charge in [-0.05, 0) is 44.9 Å². The first-order chi connectivity index (χ1) is 20.5. The van der Waals surface area contributed by atoms with E-state index in [0.29, 0.717) is 18.6 Å². The van der Waals surface area contributed by atoms with Crippen LogP contribution in [0.4, 0.5) is 4.79 Å². The van der Waals surface area contributed by atoms with Gasteiger partial charge in [0.2, 0.25) is 5.91 Å². The van der Waals surface area contributed by atoms with Gasteiger partial charge >= 0.3 is 12.1 Å². The smallest absolute Gasteiger partial charge is 0.408 e. The number of likely N-dealkylation sites (tertiary alicyclic amines) is 1. The molecule has 0 spiro atoms. The van der Waals surface area contributed by atoms with Crippen molar-refractivity contribution in [1.29, 1.82) is 0 Å². The maximum absolute atomic E-state index is 13.9. The first-order valence-corrected chi connectivity index (χ1v) is 14.7. The number of aromatic nitrogens is 1. The molecule has 2 amide bonds. The number of methoxy groups -OCH3 is 1. The third kappa shape index (κ3) is 7.91. The normalized spacial score (nSPS) is 17.3. The molecule has 3 aromatic rings. The topological polar surface area (TPSA) is 107 Å². The molecule has 43 heavy (non-hydrogen) atoms. The second-order valence-electron chi connectivity index (χ2n) is 11.7. The van der Waals surface area contributed by atoms with E-state index in [1.807, 2.05) is 61.5 Å². The Balaban J connectivity index is 1.65. The molecule has 9 nitrogen and oxygen atoms in total. The number of hydrogen-bond donors (Lipinski definition) is 1. The number of nitrogens with zero attached hydrogens (tertiary/aromatic N) is 2. The van der Waals surface area contributed by atoms with Crippen molar-refractivity contribution in [2.75, 3.05) is 13.7 Å². The second-order valence-corrected chi connectivity index (χ2v) is 11.7. The van der Waals surface area contributed by atoms with E-state index in [-0.39, 0.29) is 18.9 Å². The zero-order chi connectivity index (χ0) is 31.1. The Morgan fingerprint density at radius 1 is 1.14 bits per heavy atom. The summed E-state index contributed by atoms with van der Waals surface area (Å²) in [6.45, 7) is 11.3. The van der Waals surface area contributed by atoms with Crippen LogP contribution in [0, 0.1) is 0 Å². The molecular weight excluding hydrogens is 546 g/mol. The Hall–Kier alpha value is -4.40. The highest BCUT2D eigenvalue weighted by Gasteiger charge is 2.44. The van der Waals surface area contributed by atoms with Crippen LogP contribution in [-0.4, -0.2) is 65.3 Å². The summed E-state index contributed by atoms with van der Waals surface area (Å²) in [5.74, 6) is -0.325. The minimum absolute atomic E-state index is 0.142. The van der Waals surface area contributed by atoms with Crippen molar-refractivity contribution in [2.45, 2.75) is 77.2 Å². The number of nitrogens with one attached hydrogen (secondary N) is 1. The number of unbranched alkanes of at least 4 members (excludes halogenated alkanes) is 1. The van der Waals surface area contributed by atoms with Crippen LogP contribution in [0.15, 0.2) is 61.2 Å². The fraction of sp³-hybridized carbons (Fsp3) is 0.412. The number of fused-ring (bicyclic) bond motifs is 1. The van der Waals surface area contributed by atoms with Crippen LogP contribution in [-0.2, 0) is 19.1 Å². The molecule has 0 radical (unpaired) electrons. The van der Waals surface area contributed by atoms with Gasteiger partial charge in [0.15, 0.2) is 0 Å². The molecule has 228 valence electrons. The standard InChI is InChI=1S/C34H41N3O6/c1-7-9-15-27(36-33(40)43-34(3,4)5)31(38)37-21-24(19-29(37)32(39)41-6)42-30-20-28(23-13-11-10-12-14-23)35-26-17-16-22(8-2)18-25(26)30/h8,10-14,16-18,20,24,27,29H,2,7,9,15,19,21H2,1,3-6H3,(H,36,40)/t24?,27-,29-/m0/s1. The first-order valence-electron chi connectivity index (χ1n) is 14.7. The Morgan fingerprint density at radius 2 is 1.88 bits per heavy atom. The number of pyridine rings is 1. The predicted octanol–water partition coefficient (Wildman–Crippen LogP) is 6.15. The number of rotatable bonds is 10. The van der Waals surface area contributed by atoms with Crippen LogP contribution in [0.25, 0.3) is 28.2 Å². The van der Waals surface area contributed by atoms with Gasteiger partial charge in [0, 0.05) is 23.4 Å². The minimum atomic E-state index is -0.863. The molecule has 9 heteroatoms. The number of ether oxygens (including phenoxy) is 3. The molecule has 2 aromatic carbocycles. The van der Waals surface area contributed by atoms with Crippen LogP contribution in [0.1, 0.15) is 58.9 Å². The molecule has 0 aliphatic carbocycles. The van der Waals surface area contributed by atoms with Crippen molar-refractivity contribution in [3.8, 4) is 17.0 Å². The van der Waals surface area contributed by atoms with Crippen molar-refractivity contribution < 1.29 is 28.6 Å². The molecule has 2 heterocycles. The van der Waals surface area contributed by atoms with Crippen LogP contribution in [0.5, 0.6) is 5.75 Å². The lowest BCUT2D eigenvalue weighted by Crippen LogP contribution is -2.52. The first kappa shape index (κ1) is 31.5. The van der Waals surface area contributed by atoms with Gasteiger partial charge in [0.25, 0.3) is 0 Å². The van der Waals surface area contributed by atoms with Crippen LogP contribution >= 0.6 is 0 Å². The molecule has 3 atom stereocenters. The molecule has 1 aromatic heterocycles. The van der Waals surface area contributed by atoms with Crippen LogP contribution in [0.3, 0.4) is 0 Å². The van der Waals surface area contributed by atoms with Gasteiger partial charge in [0.1, 0.15) is 29.5 Å². The van der Waals surface area contributed by atoms with Crippen molar-refractivity contribution in [3.63, 3.8) is 0 Å². The number of alkyl carbamates (subject to hydrolysis) is 1. The quantitative estimate of drug-likeness (QED) is 0.284. The van der Waals surface area contributed by atoms with Gasteiger partial charge < -0.3 is 24.4 Å². The number of benzene rings is 2. The van der Waals surface area contributed by atoms with Gasteiger partial charge in [-0.1, -0.05) is 68.8 Å². The summed E-state index contributed by atoms with van der Waals surface area (Å²) in [5.41, 5.74) is 2.62. The molecule has 1 aliphatic heterocycles. The van der Waals surface area contributed by atoms with Gasteiger partial charge in [-0.2, -0.15) is 0 Å². The molecule has 4 rings (SSSR count). The summed E-state index contributed by atoms with van der Waals surface area (Å²) in [7, 11) is 1.30. The van der Waals surface area contributed by atoms with E-state index in [1.54, 1.807) is 26.8 Å². The van der Waals surface area contributed by atoms with E-state index in [1.165, 1.54) is 12.0 Å². The van der Waals surface area contributed by atoms with E-state index in [0.717, 1.165) is 34.1 Å². The zero-order valence-corrected chi connectivity index (χ0v) is 25.6. The van der Waals surface area contributed by atoms with E-state index in [4.69, 9.17) is 19.2 Å². The molecule has 0 bridgehead atoms. The summed E-state index contributed by atoms with van der Waals surface area (Å²) in [4.78, 5) is 45.7. The van der Waals surface area contributed by atoms with Gasteiger partial charge in [-0.15, -0.1) is 0 Å². The Morgan fingerprint density at radius 3 is 2.53 bits per heavy atom. The Labute approximate surface area is 253 Å². The van der Waals surface area contributed by atoms with Crippen LogP contribution < -0.4 is 10.1 Å². The zero-order valence-electron chi connectivity index (χ0n) is 25.6. The lowest BCUT2D eigenvalue weighted by atomic mass is 10.1. The number of hydrogen-bond acceptors (Lipinski definition) is 7. The monoisotopic (exact) mass is 587 g/mol. The molecule has 1 saturated heterocycles. The predicted molar refractivity (Wildman–Crippen MR) is 167 cm³/mol. The number of amides is 2. The number of carbonyl (C=O) groups excluding carboxylic acids is 3. The Kier molecular flexibility index (Phi) is 10.1. The highest BCUT2D eigenvalue weighted by Crippen LogP contribution is 2.34. The fourth-order valence-corrected chi connectivity index (χ4v) is 5.17. The maximum atomic E-state index is 13.9. The molecule has 1 fully saturated rings. The summed E-state index contributed by atoms with van der Waals surface area (Å²) in [6, 6.07) is 15.8. The fourth-order valence-electron chi connectivity index (χ4n) is 5.17. The van der Waals surface area contributed by atoms with Crippen molar-refractivity contribution in [2.24, 2.45) is 0 Å². The summed E-state index contributed by atoms with van der Waals surface area (Å²) >= 11 is 0. The van der Waals surface area contributed by atoms with Gasteiger partial charge in [-0.3, -0.25) is 4.79 Å². The van der Waals surface area contributed by atoms with Crippen molar-refractivity contribution in [3.05, 3.63) is 66.7 Å². The molecule has 1 N–H and O–H groups in total. The maximum Gasteiger partial charge on any atom is 0.408 e. The second kappa shape index (κ2) is 13.7. The van der Waals surface area contributed by atoms with E-state index < -0.39 is 35.9 Å². The molecular formula is C34H41N3O6. The number of carbonyl (C=O) groups is 3. The van der Waals surface area contributed by atoms with Crippen LogP contribution in [0.2, 0.25) is 0 Å². The summed E-state index contributed by atoms with van der Waals surface area (Å²) in [6.07, 6.45) is 2.74. The third-order valence-corrected chi connectivity index (χ3v) is 7.25. The Bertz CT molecular complexity index is 1470. The van der Waals surface area contributed by atoms with E-state index in [2.05, 4.69) is 11.9 Å². The van der Waals surface area contributed by atoms with Crippen molar-refractivity contribution in [1.82, 2.24) is 15.2 Å². The molecule has 0 saturated carbocycles. The summed E-state index contributed by atoms with van der Waals surface area (Å²) < 4.78 is 17.1. The SMILES string of the molecule is C=Cc1ccc2nc(-c3ccccc3)cc(OC3C[C@@H](C(=O)OC)N(C(=O)[C@H](CCCC)NC(=O)OC(C)(C)C)C3)c2c1. The molecule has 1 aliphatic rings. The minimum Gasteiger partial charge on any atom is -0.488 e. The molecule has 1 unspecified atom stereocenters. The largest absolute Gasteiger partial charge is 0.488 e. The highest BCUT2D eigenvalue weighted by atomic mass is 16.6. The van der Waals surface area contributed by atoms with E-state index in [9.17, 15) is 14.4 Å². The average Bonchev–Trinajstić information content (AvgIpc) is 3.41. The lowest BCUT2D eigenvalue weighted by molar-refractivity contribution is -0.151. The van der Waals surface area contributed by atoms with Gasteiger partial charge in [-0.25, -0.2) is 14.6 Å². The summed E-state index contributed by atoms with van der Waals surface area (Å²) in [5, 5.41) is 3.52. The van der Waals surface area contributed by atoms with Crippen molar-refractivity contribution >= 4 is 34.9 Å².